The molecule has 2 heterocycles. The van der Waals surface area contributed by atoms with Gasteiger partial charge in [-0.1, -0.05) is 23.4 Å². The van der Waals surface area contributed by atoms with Crippen LogP contribution in [0.15, 0.2) is 34.6 Å². The highest BCUT2D eigenvalue weighted by atomic mass is 35.5. The molecule has 144 valence electrons. The van der Waals surface area contributed by atoms with Gasteiger partial charge in [0, 0.05) is 22.9 Å². The number of imidazole rings is 1. The highest BCUT2D eigenvalue weighted by Crippen LogP contribution is 2.33. The predicted octanol–water partition coefficient (Wildman–Crippen LogP) is 5.25. The Bertz CT molecular complexity index is 937. The van der Waals surface area contributed by atoms with Crippen LogP contribution in [0.1, 0.15) is 24.8 Å². The van der Waals surface area contributed by atoms with Crippen molar-refractivity contribution in [1.82, 2.24) is 19.5 Å². The fourth-order valence-corrected chi connectivity index (χ4v) is 4.10. The van der Waals surface area contributed by atoms with E-state index in [1.807, 2.05) is 25.1 Å². The zero-order valence-corrected chi connectivity index (χ0v) is 16.0. The molecule has 3 rings (SSSR count). The standard InChI is InChI=1S/C17H17ClF3N5S/c1-10-6-11(18)8-12(7-10)27-16-25-13-14(22)23-9-24-15(13)26(16)5-3-2-4-17(19,20)21/h6-9H,2-5H2,1H3,(H2,22,23,24). The van der Waals surface area contributed by atoms with Crippen molar-refractivity contribution in [2.24, 2.45) is 0 Å². The van der Waals surface area contributed by atoms with Crippen LogP contribution in [-0.2, 0) is 6.54 Å². The minimum atomic E-state index is -4.15. The maximum atomic E-state index is 12.4. The second kappa shape index (κ2) is 7.93. The van der Waals surface area contributed by atoms with E-state index in [1.54, 1.807) is 4.57 Å². The molecule has 0 bridgehead atoms. The van der Waals surface area contributed by atoms with Crippen LogP contribution in [0.2, 0.25) is 5.02 Å². The number of aromatic nitrogens is 4. The molecule has 27 heavy (non-hydrogen) atoms. The Labute approximate surface area is 163 Å². The molecule has 10 heteroatoms. The van der Waals surface area contributed by atoms with Gasteiger partial charge in [-0.15, -0.1) is 0 Å². The second-order valence-electron chi connectivity index (χ2n) is 6.12. The third-order valence-corrected chi connectivity index (χ3v) is 5.03. The van der Waals surface area contributed by atoms with Gasteiger partial charge in [-0.2, -0.15) is 13.2 Å². The van der Waals surface area contributed by atoms with E-state index in [9.17, 15) is 13.2 Å². The first kappa shape index (κ1) is 19.8. The van der Waals surface area contributed by atoms with E-state index in [2.05, 4.69) is 15.0 Å². The monoisotopic (exact) mass is 415 g/mol. The fourth-order valence-electron chi connectivity index (χ4n) is 2.68. The van der Waals surface area contributed by atoms with E-state index < -0.39 is 12.6 Å². The number of anilines is 1. The van der Waals surface area contributed by atoms with Crippen LogP contribution in [0.3, 0.4) is 0 Å². The van der Waals surface area contributed by atoms with Gasteiger partial charge in [0.15, 0.2) is 22.1 Å². The van der Waals surface area contributed by atoms with E-state index >= 15 is 0 Å². The lowest BCUT2D eigenvalue weighted by Crippen LogP contribution is -2.08. The largest absolute Gasteiger partial charge is 0.389 e. The van der Waals surface area contributed by atoms with Gasteiger partial charge in [0.1, 0.15) is 6.33 Å². The third kappa shape index (κ3) is 5.04. The molecule has 5 nitrogen and oxygen atoms in total. The van der Waals surface area contributed by atoms with Crippen molar-refractivity contribution in [2.45, 2.75) is 49.0 Å². The van der Waals surface area contributed by atoms with Gasteiger partial charge >= 0.3 is 6.18 Å². The van der Waals surface area contributed by atoms with Crippen molar-refractivity contribution < 1.29 is 13.2 Å². The molecule has 0 radical (unpaired) electrons. The molecule has 1 aromatic carbocycles. The number of hydrogen-bond acceptors (Lipinski definition) is 5. The summed E-state index contributed by atoms with van der Waals surface area (Å²) >= 11 is 7.48. The Kier molecular flexibility index (Phi) is 5.81. The first-order chi connectivity index (χ1) is 12.7. The second-order valence-corrected chi connectivity index (χ2v) is 7.59. The number of fused-ring (bicyclic) bond motifs is 1. The smallest absolute Gasteiger partial charge is 0.382 e. The Hall–Kier alpha value is -2.00. The van der Waals surface area contributed by atoms with Crippen molar-refractivity contribution in [3.05, 3.63) is 35.1 Å². The third-order valence-electron chi connectivity index (χ3n) is 3.84. The van der Waals surface area contributed by atoms with Crippen LogP contribution in [0.4, 0.5) is 19.0 Å². The lowest BCUT2D eigenvalue weighted by molar-refractivity contribution is -0.135. The van der Waals surface area contributed by atoms with E-state index in [4.69, 9.17) is 17.3 Å². The molecule has 2 N–H and O–H groups in total. The molecule has 0 aliphatic carbocycles. The van der Waals surface area contributed by atoms with Gasteiger partial charge < -0.3 is 10.3 Å². The normalized spacial score (nSPS) is 12.0. The Balaban J connectivity index is 1.89. The molecule has 0 amide bonds. The van der Waals surface area contributed by atoms with Gasteiger partial charge in [0.05, 0.1) is 0 Å². The Morgan fingerprint density at radius 2 is 1.96 bits per heavy atom. The highest BCUT2D eigenvalue weighted by Gasteiger charge is 2.26. The quantitative estimate of drug-likeness (QED) is 0.556. The zero-order chi connectivity index (χ0) is 19.6. The summed E-state index contributed by atoms with van der Waals surface area (Å²) in [6.45, 7) is 2.28. The summed E-state index contributed by atoms with van der Waals surface area (Å²) in [6.07, 6.45) is -3.27. The number of nitrogens with zero attached hydrogens (tertiary/aromatic N) is 4. The number of aryl methyl sites for hydroxylation is 2. The van der Waals surface area contributed by atoms with Crippen molar-refractivity contribution in [2.75, 3.05) is 5.73 Å². The molecular weight excluding hydrogens is 399 g/mol. The Morgan fingerprint density at radius 3 is 2.67 bits per heavy atom. The van der Waals surface area contributed by atoms with E-state index in [1.165, 1.54) is 18.1 Å². The first-order valence-corrected chi connectivity index (χ1v) is 9.41. The average molecular weight is 416 g/mol. The van der Waals surface area contributed by atoms with Crippen molar-refractivity contribution in [3.63, 3.8) is 0 Å². The summed E-state index contributed by atoms with van der Waals surface area (Å²) in [7, 11) is 0. The average Bonchev–Trinajstić information content (AvgIpc) is 2.89. The topological polar surface area (TPSA) is 69.6 Å². The number of benzene rings is 1. The summed E-state index contributed by atoms with van der Waals surface area (Å²) in [4.78, 5) is 13.5. The summed E-state index contributed by atoms with van der Waals surface area (Å²) in [5, 5.41) is 1.19. The maximum absolute atomic E-state index is 12.4. The number of alkyl halides is 3. The number of nitrogens with two attached hydrogens (primary N) is 1. The van der Waals surface area contributed by atoms with Gasteiger partial charge in [-0.25, -0.2) is 15.0 Å². The van der Waals surface area contributed by atoms with E-state index in [0.717, 1.165) is 10.5 Å². The van der Waals surface area contributed by atoms with Crippen LogP contribution in [0.5, 0.6) is 0 Å². The van der Waals surface area contributed by atoms with Gasteiger partial charge in [0.25, 0.3) is 0 Å². The molecule has 0 fully saturated rings. The maximum Gasteiger partial charge on any atom is 0.389 e. The van der Waals surface area contributed by atoms with Gasteiger partial charge in [-0.05, 0) is 43.5 Å². The van der Waals surface area contributed by atoms with Crippen LogP contribution in [-0.4, -0.2) is 25.7 Å². The lowest BCUT2D eigenvalue weighted by atomic mass is 10.2. The molecule has 0 aliphatic heterocycles. The SMILES string of the molecule is Cc1cc(Cl)cc(Sc2nc3c(N)ncnc3n2CCCCC(F)(F)F)c1. The van der Waals surface area contributed by atoms with E-state index in [-0.39, 0.29) is 12.2 Å². The lowest BCUT2D eigenvalue weighted by Gasteiger charge is -2.10. The van der Waals surface area contributed by atoms with Gasteiger partial charge in [-0.3, -0.25) is 0 Å². The predicted molar refractivity (Wildman–Crippen MR) is 100.0 cm³/mol. The number of unbranched alkanes of at least 4 members (excludes halogenated alkanes) is 1. The molecule has 2 aromatic heterocycles. The highest BCUT2D eigenvalue weighted by molar-refractivity contribution is 7.99. The first-order valence-electron chi connectivity index (χ1n) is 8.21. The molecule has 3 aromatic rings. The molecule has 0 aliphatic rings. The molecular formula is C17H17ClF3N5S. The molecule has 0 saturated heterocycles. The number of halogens is 4. The minimum Gasteiger partial charge on any atom is -0.382 e. The van der Waals surface area contributed by atoms with Gasteiger partial charge in [0.2, 0.25) is 0 Å². The number of rotatable bonds is 6. The van der Waals surface area contributed by atoms with Crippen molar-refractivity contribution in [1.29, 1.82) is 0 Å². The molecule has 0 atom stereocenters. The zero-order valence-electron chi connectivity index (χ0n) is 14.4. The number of hydrogen-bond donors (Lipinski definition) is 1. The van der Waals surface area contributed by atoms with Crippen molar-refractivity contribution >= 4 is 40.3 Å². The molecule has 0 spiro atoms. The summed E-state index contributed by atoms with van der Waals surface area (Å²) in [6, 6.07) is 5.61. The van der Waals surface area contributed by atoms with Crippen LogP contribution in [0, 0.1) is 6.92 Å². The fraction of sp³-hybridized carbons (Fsp3) is 0.353. The van der Waals surface area contributed by atoms with Crippen LogP contribution in [0.25, 0.3) is 11.2 Å². The van der Waals surface area contributed by atoms with Crippen molar-refractivity contribution in [3.8, 4) is 0 Å². The Morgan fingerprint density at radius 1 is 1.19 bits per heavy atom. The summed E-state index contributed by atoms with van der Waals surface area (Å²) < 4.78 is 39.0. The van der Waals surface area contributed by atoms with Crippen LogP contribution >= 0.6 is 23.4 Å². The van der Waals surface area contributed by atoms with E-state index in [0.29, 0.717) is 34.3 Å². The van der Waals surface area contributed by atoms with Crippen LogP contribution < -0.4 is 5.73 Å². The summed E-state index contributed by atoms with van der Waals surface area (Å²) in [5.41, 5.74) is 7.83. The molecule has 0 saturated carbocycles. The molecule has 0 unspecified atom stereocenters. The minimum absolute atomic E-state index is 0.0319. The number of nitrogen functional groups attached to an aromatic ring is 1. The summed E-state index contributed by atoms with van der Waals surface area (Å²) in [5.74, 6) is 0.234.